The van der Waals surface area contributed by atoms with E-state index in [0.717, 1.165) is 11.8 Å². The van der Waals surface area contributed by atoms with E-state index in [4.69, 9.17) is 0 Å². The Bertz CT molecular complexity index is 189. The van der Waals surface area contributed by atoms with Crippen LogP contribution in [0.15, 0.2) is 9.66 Å². The van der Waals surface area contributed by atoms with E-state index in [1.54, 1.807) is 3.58 Å². The van der Waals surface area contributed by atoms with Gasteiger partial charge in [0.1, 0.15) is 0 Å². The molecule has 0 N–H and O–H groups in total. The third kappa shape index (κ3) is 2.71. The second-order valence-corrected chi connectivity index (χ2v) is 5.97. The van der Waals surface area contributed by atoms with Crippen molar-refractivity contribution in [2.75, 3.05) is 0 Å². The van der Waals surface area contributed by atoms with Gasteiger partial charge in [-0.15, -0.1) is 0 Å². The average Bonchev–Trinajstić information content (AvgIpc) is 2.20. The maximum Gasteiger partial charge on any atom is -0.0134 e. The summed E-state index contributed by atoms with van der Waals surface area (Å²) in [7, 11) is 0. The second kappa shape index (κ2) is 4.81. The molecule has 1 saturated carbocycles. The molecule has 2 aliphatic rings. The zero-order chi connectivity index (χ0) is 9.10. The molecule has 0 amide bonds. The van der Waals surface area contributed by atoms with E-state index in [1.807, 2.05) is 0 Å². The van der Waals surface area contributed by atoms with Crippen LogP contribution >= 0.6 is 22.6 Å². The first kappa shape index (κ1) is 10.0. The lowest BCUT2D eigenvalue weighted by Crippen LogP contribution is -2.19. The molecule has 0 aromatic carbocycles. The second-order valence-electron chi connectivity index (χ2n) is 4.58. The predicted octanol–water partition coefficient (Wildman–Crippen LogP) is 4.69. The van der Waals surface area contributed by atoms with Crippen LogP contribution in [-0.4, -0.2) is 0 Å². The van der Waals surface area contributed by atoms with Crippen LogP contribution in [0.5, 0.6) is 0 Å². The summed E-state index contributed by atoms with van der Waals surface area (Å²) in [5.74, 6) is 2.12. The van der Waals surface area contributed by atoms with Gasteiger partial charge in [-0.05, 0) is 57.3 Å². The van der Waals surface area contributed by atoms with E-state index in [9.17, 15) is 0 Å². The van der Waals surface area contributed by atoms with Gasteiger partial charge in [0.25, 0.3) is 0 Å². The SMILES string of the molecule is IC1=CC[C@H](C2CCCCC2)CC1. The van der Waals surface area contributed by atoms with Crippen molar-refractivity contribution in [3.8, 4) is 0 Å². The molecular weight excluding hydrogens is 271 g/mol. The lowest BCUT2D eigenvalue weighted by atomic mass is 9.75. The smallest absolute Gasteiger partial charge is 0.0134 e. The summed E-state index contributed by atoms with van der Waals surface area (Å²) in [6.07, 6.45) is 14.2. The molecule has 0 heterocycles. The fraction of sp³-hybridized carbons (Fsp3) is 0.833. The minimum atomic E-state index is 1.04. The molecule has 74 valence electrons. The van der Waals surface area contributed by atoms with Crippen LogP contribution in [-0.2, 0) is 0 Å². The first-order chi connectivity index (χ1) is 6.36. The summed E-state index contributed by atoms with van der Waals surface area (Å²) in [4.78, 5) is 0. The maximum atomic E-state index is 2.50. The fourth-order valence-electron chi connectivity index (χ4n) is 2.86. The summed E-state index contributed by atoms with van der Waals surface area (Å²) >= 11 is 2.50. The molecule has 0 nitrogen and oxygen atoms in total. The molecule has 0 unspecified atom stereocenters. The highest BCUT2D eigenvalue weighted by Gasteiger charge is 2.24. The van der Waals surface area contributed by atoms with Crippen molar-refractivity contribution in [1.82, 2.24) is 0 Å². The first-order valence-electron chi connectivity index (χ1n) is 5.71. The topological polar surface area (TPSA) is 0 Å². The number of halogens is 1. The van der Waals surface area contributed by atoms with Crippen LogP contribution < -0.4 is 0 Å². The van der Waals surface area contributed by atoms with Crippen LogP contribution in [0.1, 0.15) is 51.4 Å². The molecule has 2 aliphatic carbocycles. The standard InChI is InChI=1S/C12H19I/c13-12-8-6-11(7-9-12)10-4-2-1-3-5-10/h8,10-11H,1-7,9H2/t11-/m0/s1. The molecule has 0 aromatic heterocycles. The van der Waals surface area contributed by atoms with E-state index in [0.29, 0.717) is 0 Å². The van der Waals surface area contributed by atoms with Crippen molar-refractivity contribution in [1.29, 1.82) is 0 Å². The van der Waals surface area contributed by atoms with Gasteiger partial charge in [0.15, 0.2) is 0 Å². The Balaban J connectivity index is 1.86. The van der Waals surface area contributed by atoms with E-state index >= 15 is 0 Å². The van der Waals surface area contributed by atoms with Gasteiger partial charge in [-0.3, -0.25) is 0 Å². The van der Waals surface area contributed by atoms with Crippen LogP contribution in [0, 0.1) is 11.8 Å². The van der Waals surface area contributed by atoms with Crippen molar-refractivity contribution in [2.45, 2.75) is 51.4 Å². The minimum absolute atomic E-state index is 1.04. The molecule has 1 heteroatoms. The van der Waals surface area contributed by atoms with Crippen LogP contribution in [0.2, 0.25) is 0 Å². The average molecular weight is 290 g/mol. The molecule has 1 fully saturated rings. The Morgan fingerprint density at radius 1 is 1.00 bits per heavy atom. The monoisotopic (exact) mass is 290 g/mol. The summed E-state index contributed by atoms with van der Waals surface area (Å²) in [5, 5.41) is 0. The minimum Gasteiger partial charge on any atom is -0.0749 e. The lowest BCUT2D eigenvalue weighted by molar-refractivity contribution is 0.233. The molecular formula is C12H19I. The summed E-state index contributed by atoms with van der Waals surface area (Å²) < 4.78 is 1.60. The third-order valence-electron chi connectivity index (χ3n) is 3.71. The summed E-state index contributed by atoms with van der Waals surface area (Å²) in [6, 6.07) is 0. The van der Waals surface area contributed by atoms with Gasteiger partial charge in [-0.2, -0.15) is 0 Å². The maximum absolute atomic E-state index is 2.50. The zero-order valence-electron chi connectivity index (χ0n) is 8.27. The van der Waals surface area contributed by atoms with Crippen LogP contribution in [0.25, 0.3) is 0 Å². The quantitative estimate of drug-likeness (QED) is 0.615. The van der Waals surface area contributed by atoms with Gasteiger partial charge in [-0.25, -0.2) is 0 Å². The Kier molecular flexibility index (Phi) is 3.70. The zero-order valence-corrected chi connectivity index (χ0v) is 10.4. The first-order valence-corrected chi connectivity index (χ1v) is 6.78. The molecule has 13 heavy (non-hydrogen) atoms. The third-order valence-corrected chi connectivity index (χ3v) is 4.69. The van der Waals surface area contributed by atoms with E-state index in [1.165, 1.54) is 51.4 Å². The summed E-state index contributed by atoms with van der Waals surface area (Å²) in [5.41, 5.74) is 0. The van der Waals surface area contributed by atoms with Gasteiger partial charge < -0.3 is 0 Å². The number of hydrogen-bond donors (Lipinski definition) is 0. The summed E-state index contributed by atoms with van der Waals surface area (Å²) in [6.45, 7) is 0. The predicted molar refractivity (Wildman–Crippen MR) is 66.0 cm³/mol. The van der Waals surface area contributed by atoms with E-state index in [-0.39, 0.29) is 0 Å². The Labute approximate surface area is 95.3 Å². The molecule has 0 bridgehead atoms. The van der Waals surface area contributed by atoms with Gasteiger partial charge in [0.05, 0.1) is 0 Å². The van der Waals surface area contributed by atoms with Crippen molar-refractivity contribution >= 4 is 22.6 Å². The van der Waals surface area contributed by atoms with Crippen molar-refractivity contribution < 1.29 is 0 Å². The molecule has 2 rings (SSSR count). The highest BCUT2D eigenvalue weighted by Crippen LogP contribution is 2.38. The molecule has 0 saturated heterocycles. The molecule has 0 aromatic rings. The Morgan fingerprint density at radius 2 is 1.77 bits per heavy atom. The molecule has 0 aliphatic heterocycles. The Morgan fingerprint density at radius 3 is 2.38 bits per heavy atom. The van der Waals surface area contributed by atoms with E-state index < -0.39 is 0 Å². The van der Waals surface area contributed by atoms with E-state index in [2.05, 4.69) is 28.7 Å². The highest BCUT2D eigenvalue weighted by molar-refractivity contribution is 14.1. The highest BCUT2D eigenvalue weighted by atomic mass is 127. The fourth-order valence-corrected chi connectivity index (χ4v) is 3.42. The molecule has 1 atom stereocenters. The van der Waals surface area contributed by atoms with Crippen LogP contribution in [0.4, 0.5) is 0 Å². The normalized spacial score (nSPS) is 31.5. The Hall–Kier alpha value is 0.470. The number of hydrogen-bond acceptors (Lipinski definition) is 0. The lowest BCUT2D eigenvalue weighted by Gasteiger charge is -2.31. The van der Waals surface area contributed by atoms with Crippen LogP contribution in [0.3, 0.4) is 0 Å². The van der Waals surface area contributed by atoms with Crippen molar-refractivity contribution in [3.63, 3.8) is 0 Å². The van der Waals surface area contributed by atoms with Crippen molar-refractivity contribution in [3.05, 3.63) is 9.66 Å². The number of allylic oxidation sites excluding steroid dienone is 2. The van der Waals surface area contributed by atoms with Gasteiger partial charge in [0.2, 0.25) is 0 Å². The number of rotatable bonds is 1. The van der Waals surface area contributed by atoms with Crippen molar-refractivity contribution in [2.24, 2.45) is 11.8 Å². The van der Waals surface area contributed by atoms with Gasteiger partial charge in [0, 0.05) is 0 Å². The van der Waals surface area contributed by atoms with Gasteiger partial charge >= 0.3 is 0 Å². The molecule has 0 spiro atoms. The largest absolute Gasteiger partial charge is 0.0749 e. The molecule has 0 radical (unpaired) electrons. The van der Waals surface area contributed by atoms with Gasteiger partial charge in [-0.1, -0.05) is 38.2 Å².